The number of hydrogen-bond acceptors (Lipinski definition) is 3. The quantitative estimate of drug-likeness (QED) is 0.844. The molecule has 5 heteroatoms. The first-order chi connectivity index (χ1) is 9.47. The third-order valence-electron chi connectivity index (χ3n) is 2.50. The molecule has 0 radical (unpaired) electrons. The fourth-order valence-corrected chi connectivity index (χ4v) is 2.57. The Hall–Kier alpha value is -1.75. The summed E-state index contributed by atoms with van der Waals surface area (Å²) in [7, 11) is 0. The SMILES string of the molecule is CC(C)Oc1cccc(Sc2cc(F)ccc2F)c1N. The van der Waals surface area contributed by atoms with Gasteiger partial charge in [-0.3, -0.25) is 0 Å². The van der Waals surface area contributed by atoms with Crippen molar-refractivity contribution in [2.75, 3.05) is 5.73 Å². The molecule has 2 N–H and O–H groups in total. The van der Waals surface area contributed by atoms with Gasteiger partial charge in [-0.15, -0.1) is 0 Å². The zero-order valence-electron chi connectivity index (χ0n) is 11.2. The fourth-order valence-electron chi connectivity index (χ4n) is 1.64. The Morgan fingerprint density at radius 1 is 1.10 bits per heavy atom. The molecule has 0 aliphatic carbocycles. The highest BCUT2D eigenvalue weighted by atomic mass is 32.2. The van der Waals surface area contributed by atoms with Crippen LogP contribution in [0.1, 0.15) is 13.8 Å². The van der Waals surface area contributed by atoms with E-state index >= 15 is 0 Å². The monoisotopic (exact) mass is 295 g/mol. The lowest BCUT2D eigenvalue weighted by molar-refractivity contribution is 0.243. The molecular formula is C15H15F2NOS. The van der Waals surface area contributed by atoms with Crippen molar-refractivity contribution in [3.8, 4) is 5.75 Å². The minimum absolute atomic E-state index is 0.0107. The van der Waals surface area contributed by atoms with Crippen LogP contribution in [0.15, 0.2) is 46.2 Å². The normalized spacial score (nSPS) is 10.8. The molecule has 2 aromatic rings. The van der Waals surface area contributed by atoms with Crippen LogP contribution in [0.5, 0.6) is 5.75 Å². The first-order valence-electron chi connectivity index (χ1n) is 6.15. The molecule has 0 heterocycles. The first-order valence-corrected chi connectivity index (χ1v) is 6.97. The molecular weight excluding hydrogens is 280 g/mol. The van der Waals surface area contributed by atoms with Crippen LogP contribution in [0.25, 0.3) is 0 Å². The van der Waals surface area contributed by atoms with Crippen molar-refractivity contribution in [3.63, 3.8) is 0 Å². The van der Waals surface area contributed by atoms with E-state index in [9.17, 15) is 8.78 Å². The van der Waals surface area contributed by atoms with E-state index in [1.165, 1.54) is 0 Å². The fraction of sp³-hybridized carbons (Fsp3) is 0.200. The third kappa shape index (κ3) is 3.42. The second-order valence-corrected chi connectivity index (χ2v) is 5.60. The maximum absolute atomic E-state index is 13.6. The number of para-hydroxylation sites is 1. The highest BCUT2D eigenvalue weighted by Crippen LogP contribution is 2.38. The second kappa shape index (κ2) is 6.13. The number of anilines is 1. The Kier molecular flexibility index (Phi) is 4.49. The van der Waals surface area contributed by atoms with Gasteiger partial charge in [0.05, 0.1) is 16.7 Å². The minimum atomic E-state index is -0.484. The summed E-state index contributed by atoms with van der Waals surface area (Å²) in [5, 5.41) is 0. The van der Waals surface area contributed by atoms with Gasteiger partial charge in [-0.05, 0) is 44.2 Å². The van der Waals surface area contributed by atoms with Crippen molar-refractivity contribution in [1.82, 2.24) is 0 Å². The zero-order valence-corrected chi connectivity index (χ0v) is 12.0. The molecule has 0 saturated heterocycles. The van der Waals surface area contributed by atoms with E-state index in [1.807, 2.05) is 13.8 Å². The van der Waals surface area contributed by atoms with Gasteiger partial charge in [0.15, 0.2) is 0 Å². The number of rotatable bonds is 4. The summed E-state index contributed by atoms with van der Waals surface area (Å²) in [5.41, 5.74) is 6.43. The third-order valence-corrected chi connectivity index (χ3v) is 3.61. The van der Waals surface area contributed by atoms with Gasteiger partial charge in [-0.1, -0.05) is 17.8 Å². The lowest BCUT2D eigenvalue weighted by Gasteiger charge is -2.14. The molecule has 0 spiro atoms. The Labute approximate surface area is 120 Å². The molecule has 0 fully saturated rings. The van der Waals surface area contributed by atoms with E-state index in [4.69, 9.17) is 10.5 Å². The summed E-state index contributed by atoms with van der Waals surface area (Å²) in [6.07, 6.45) is -0.0107. The van der Waals surface area contributed by atoms with Crippen molar-refractivity contribution in [3.05, 3.63) is 48.0 Å². The van der Waals surface area contributed by atoms with Gasteiger partial charge in [-0.2, -0.15) is 0 Å². The lowest BCUT2D eigenvalue weighted by atomic mass is 10.3. The standard InChI is InChI=1S/C15H15F2NOS/c1-9(2)19-12-4-3-5-13(15(12)18)20-14-8-10(16)6-7-11(14)17/h3-9H,18H2,1-2H3. The van der Waals surface area contributed by atoms with Crippen molar-refractivity contribution < 1.29 is 13.5 Å². The molecule has 0 amide bonds. The number of benzene rings is 2. The summed E-state index contributed by atoms with van der Waals surface area (Å²) in [6.45, 7) is 3.79. The van der Waals surface area contributed by atoms with E-state index in [0.717, 1.165) is 30.0 Å². The van der Waals surface area contributed by atoms with Crippen LogP contribution in [0.3, 0.4) is 0 Å². The Morgan fingerprint density at radius 2 is 1.85 bits per heavy atom. The predicted octanol–water partition coefficient (Wildman–Crippen LogP) is 4.49. The molecule has 0 aliphatic rings. The number of nitrogen functional groups attached to an aromatic ring is 1. The number of nitrogens with two attached hydrogens (primary N) is 1. The number of ether oxygens (including phenoxy) is 1. The molecule has 0 atom stereocenters. The van der Waals surface area contributed by atoms with Gasteiger partial charge in [0.1, 0.15) is 17.4 Å². The van der Waals surface area contributed by atoms with Crippen LogP contribution < -0.4 is 10.5 Å². The molecule has 0 unspecified atom stereocenters. The topological polar surface area (TPSA) is 35.2 Å². The number of hydrogen-bond donors (Lipinski definition) is 1. The van der Waals surface area contributed by atoms with Crippen LogP contribution in [0.2, 0.25) is 0 Å². The largest absolute Gasteiger partial charge is 0.489 e. The summed E-state index contributed by atoms with van der Waals surface area (Å²) in [4.78, 5) is 0.825. The van der Waals surface area contributed by atoms with Gasteiger partial charge in [0.25, 0.3) is 0 Å². The molecule has 0 bridgehead atoms. The van der Waals surface area contributed by atoms with E-state index in [-0.39, 0.29) is 11.0 Å². The molecule has 0 aliphatic heterocycles. The summed E-state index contributed by atoms with van der Waals surface area (Å²) >= 11 is 1.08. The predicted molar refractivity (Wildman–Crippen MR) is 77.1 cm³/mol. The van der Waals surface area contributed by atoms with Crippen LogP contribution in [-0.4, -0.2) is 6.10 Å². The molecule has 20 heavy (non-hydrogen) atoms. The molecule has 0 aromatic heterocycles. The summed E-state index contributed by atoms with van der Waals surface area (Å²) in [5.74, 6) is -0.421. The lowest BCUT2D eigenvalue weighted by Crippen LogP contribution is -2.07. The number of halogens is 2. The molecule has 106 valence electrons. The first kappa shape index (κ1) is 14.7. The highest BCUT2D eigenvalue weighted by molar-refractivity contribution is 7.99. The van der Waals surface area contributed by atoms with Crippen LogP contribution in [0.4, 0.5) is 14.5 Å². The Bertz CT molecular complexity index is 617. The molecule has 2 nitrogen and oxygen atoms in total. The van der Waals surface area contributed by atoms with Gasteiger partial charge in [0.2, 0.25) is 0 Å². The molecule has 0 saturated carbocycles. The van der Waals surface area contributed by atoms with E-state index in [1.54, 1.807) is 18.2 Å². The van der Waals surface area contributed by atoms with Gasteiger partial charge < -0.3 is 10.5 Å². The molecule has 2 rings (SSSR count). The minimum Gasteiger partial charge on any atom is -0.489 e. The van der Waals surface area contributed by atoms with Crippen LogP contribution >= 0.6 is 11.8 Å². The van der Waals surface area contributed by atoms with E-state index < -0.39 is 11.6 Å². The van der Waals surface area contributed by atoms with E-state index in [2.05, 4.69) is 0 Å². The zero-order chi connectivity index (χ0) is 14.7. The van der Waals surface area contributed by atoms with E-state index in [0.29, 0.717) is 16.3 Å². The maximum atomic E-state index is 13.6. The van der Waals surface area contributed by atoms with Crippen molar-refractivity contribution in [1.29, 1.82) is 0 Å². The smallest absolute Gasteiger partial charge is 0.143 e. The van der Waals surface area contributed by atoms with Crippen LogP contribution in [0, 0.1) is 11.6 Å². The van der Waals surface area contributed by atoms with Crippen molar-refractivity contribution in [2.45, 2.75) is 29.7 Å². The Morgan fingerprint density at radius 3 is 2.55 bits per heavy atom. The Balaban J connectivity index is 2.32. The average molecular weight is 295 g/mol. The van der Waals surface area contributed by atoms with Crippen molar-refractivity contribution in [2.24, 2.45) is 0 Å². The highest BCUT2D eigenvalue weighted by Gasteiger charge is 2.12. The second-order valence-electron chi connectivity index (χ2n) is 4.51. The van der Waals surface area contributed by atoms with Gasteiger partial charge >= 0.3 is 0 Å². The van der Waals surface area contributed by atoms with Crippen molar-refractivity contribution >= 4 is 17.4 Å². The van der Waals surface area contributed by atoms with Gasteiger partial charge in [-0.25, -0.2) is 8.78 Å². The summed E-state index contributed by atoms with van der Waals surface area (Å²) in [6, 6.07) is 8.60. The van der Waals surface area contributed by atoms with Gasteiger partial charge in [0, 0.05) is 4.90 Å². The maximum Gasteiger partial charge on any atom is 0.143 e. The van der Waals surface area contributed by atoms with Crippen LogP contribution in [-0.2, 0) is 0 Å². The molecule has 2 aromatic carbocycles. The average Bonchev–Trinajstić information content (AvgIpc) is 2.38. The summed E-state index contributed by atoms with van der Waals surface area (Å²) < 4.78 is 32.4.